The molecule has 0 saturated carbocycles. The van der Waals surface area contributed by atoms with Crippen molar-refractivity contribution in [1.29, 1.82) is 0 Å². The Hall–Kier alpha value is -2.44. The molecule has 1 aromatic heterocycles. The van der Waals surface area contributed by atoms with E-state index in [0.29, 0.717) is 0 Å². The summed E-state index contributed by atoms with van der Waals surface area (Å²) < 4.78 is 52.9. The molecule has 26 heavy (non-hydrogen) atoms. The second-order valence-electron chi connectivity index (χ2n) is 5.76. The van der Waals surface area contributed by atoms with Gasteiger partial charge in [0.05, 0.1) is 13.2 Å². The summed E-state index contributed by atoms with van der Waals surface area (Å²) in [6.45, 7) is 4.00. The van der Waals surface area contributed by atoms with Gasteiger partial charge in [0.2, 0.25) is 5.82 Å². The minimum Gasteiger partial charge on any atom is -0.490 e. The highest BCUT2D eigenvalue weighted by Crippen LogP contribution is 2.32. The molecule has 0 amide bonds. The molecule has 1 aromatic carbocycles. The lowest BCUT2D eigenvalue weighted by Crippen LogP contribution is -2.07. The molecule has 1 N–H and O–H groups in total. The van der Waals surface area contributed by atoms with E-state index in [4.69, 9.17) is 9.47 Å². The fourth-order valence-electron chi connectivity index (χ4n) is 2.52. The molecule has 0 unspecified atom stereocenters. The van der Waals surface area contributed by atoms with Gasteiger partial charge in [0.15, 0.2) is 23.1 Å². The molecule has 0 spiro atoms. The maximum atomic E-state index is 14.4. The number of rotatable bonds is 9. The monoisotopic (exact) mass is 369 g/mol. The maximum Gasteiger partial charge on any atom is 0.357 e. The highest BCUT2D eigenvalue weighted by Gasteiger charge is 2.24. The molecule has 0 bridgehead atoms. The van der Waals surface area contributed by atoms with Crippen LogP contribution in [0.3, 0.4) is 0 Å². The first kappa shape index (κ1) is 19.9. The first-order valence-electron chi connectivity index (χ1n) is 8.66. The van der Waals surface area contributed by atoms with Gasteiger partial charge in [-0.2, -0.15) is 4.39 Å². The molecule has 7 heteroatoms. The SMILES string of the molecule is CCCCCCOc1ccc(-c2c[nH]c(C(=O)OCC)c2F)c(F)c1F. The lowest BCUT2D eigenvalue weighted by Gasteiger charge is -2.10. The zero-order valence-electron chi connectivity index (χ0n) is 14.8. The normalized spacial score (nSPS) is 10.8. The van der Waals surface area contributed by atoms with E-state index in [-0.39, 0.29) is 30.1 Å². The summed E-state index contributed by atoms with van der Waals surface area (Å²) in [4.78, 5) is 14.0. The molecular weight excluding hydrogens is 347 g/mol. The lowest BCUT2D eigenvalue weighted by atomic mass is 10.1. The molecule has 142 valence electrons. The van der Waals surface area contributed by atoms with Crippen LogP contribution in [0.2, 0.25) is 0 Å². The van der Waals surface area contributed by atoms with Crippen LogP contribution in [0.4, 0.5) is 13.2 Å². The van der Waals surface area contributed by atoms with E-state index in [2.05, 4.69) is 11.9 Å². The quantitative estimate of drug-likeness (QED) is 0.486. The molecule has 2 aromatic rings. The van der Waals surface area contributed by atoms with E-state index in [1.807, 2.05) is 0 Å². The van der Waals surface area contributed by atoms with Gasteiger partial charge in [-0.3, -0.25) is 0 Å². The number of H-pyrrole nitrogens is 1. The molecule has 0 aliphatic rings. The number of aromatic nitrogens is 1. The zero-order chi connectivity index (χ0) is 19.1. The molecule has 1 heterocycles. The Bertz CT molecular complexity index is 759. The lowest BCUT2D eigenvalue weighted by molar-refractivity contribution is 0.0515. The van der Waals surface area contributed by atoms with Gasteiger partial charge in [0.1, 0.15) is 0 Å². The topological polar surface area (TPSA) is 51.3 Å². The predicted molar refractivity (Wildman–Crippen MR) is 91.7 cm³/mol. The number of benzene rings is 1. The van der Waals surface area contributed by atoms with Gasteiger partial charge >= 0.3 is 5.97 Å². The Kier molecular flexibility index (Phi) is 7.12. The van der Waals surface area contributed by atoms with Crippen molar-refractivity contribution < 1.29 is 27.4 Å². The molecule has 0 aliphatic carbocycles. The third-order valence-corrected chi connectivity index (χ3v) is 3.89. The van der Waals surface area contributed by atoms with E-state index in [9.17, 15) is 18.0 Å². The molecule has 4 nitrogen and oxygen atoms in total. The van der Waals surface area contributed by atoms with Crippen molar-refractivity contribution in [3.8, 4) is 16.9 Å². The number of aromatic amines is 1. The van der Waals surface area contributed by atoms with Crippen molar-refractivity contribution in [3.05, 3.63) is 41.5 Å². The number of hydrogen-bond donors (Lipinski definition) is 1. The summed E-state index contributed by atoms with van der Waals surface area (Å²) in [5, 5.41) is 0. The Morgan fingerprint density at radius 1 is 1.00 bits per heavy atom. The Labute approximate surface area is 150 Å². The summed E-state index contributed by atoms with van der Waals surface area (Å²) in [6.07, 6.45) is 4.91. The zero-order valence-corrected chi connectivity index (χ0v) is 14.8. The summed E-state index contributed by atoms with van der Waals surface area (Å²) in [7, 11) is 0. The average Bonchev–Trinajstić information content (AvgIpc) is 3.00. The van der Waals surface area contributed by atoms with Crippen molar-refractivity contribution in [2.45, 2.75) is 39.5 Å². The average molecular weight is 369 g/mol. The number of ether oxygens (including phenoxy) is 2. The number of carbonyl (C=O) groups is 1. The Balaban J connectivity index is 2.19. The molecule has 0 saturated heterocycles. The van der Waals surface area contributed by atoms with Crippen molar-refractivity contribution >= 4 is 5.97 Å². The largest absolute Gasteiger partial charge is 0.490 e. The number of unbranched alkanes of at least 4 members (excludes halogenated alkanes) is 3. The number of halogens is 3. The summed E-state index contributed by atoms with van der Waals surface area (Å²) in [6, 6.07) is 2.48. The molecule has 0 atom stereocenters. The van der Waals surface area contributed by atoms with Crippen LogP contribution >= 0.6 is 0 Å². The summed E-state index contributed by atoms with van der Waals surface area (Å²) in [5.41, 5.74) is -0.984. The first-order valence-corrected chi connectivity index (χ1v) is 8.66. The summed E-state index contributed by atoms with van der Waals surface area (Å²) >= 11 is 0. The van der Waals surface area contributed by atoms with Gasteiger partial charge in [-0.1, -0.05) is 26.2 Å². The van der Waals surface area contributed by atoms with Crippen LogP contribution in [0.1, 0.15) is 50.0 Å². The van der Waals surface area contributed by atoms with Crippen molar-refractivity contribution in [2.24, 2.45) is 0 Å². The van der Waals surface area contributed by atoms with Crippen LogP contribution in [-0.4, -0.2) is 24.2 Å². The Morgan fingerprint density at radius 3 is 2.46 bits per heavy atom. The fraction of sp³-hybridized carbons (Fsp3) is 0.421. The number of hydrogen-bond acceptors (Lipinski definition) is 3. The van der Waals surface area contributed by atoms with Gasteiger partial charge in [0.25, 0.3) is 0 Å². The van der Waals surface area contributed by atoms with Crippen molar-refractivity contribution in [1.82, 2.24) is 4.98 Å². The number of carbonyl (C=O) groups excluding carboxylic acids is 1. The third-order valence-electron chi connectivity index (χ3n) is 3.89. The molecule has 0 fully saturated rings. The molecule has 0 aliphatic heterocycles. The van der Waals surface area contributed by atoms with Crippen LogP contribution in [0, 0.1) is 17.5 Å². The van der Waals surface area contributed by atoms with Crippen molar-refractivity contribution in [2.75, 3.05) is 13.2 Å². The highest BCUT2D eigenvalue weighted by molar-refractivity contribution is 5.90. The van der Waals surface area contributed by atoms with E-state index < -0.39 is 29.1 Å². The minimum atomic E-state index is -1.23. The molecular formula is C19H22F3NO3. The Morgan fingerprint density at radius 2 is 1.77 bits per heavy atom. The summed E-state index contributed by atoms with van der Waals surface area (Å²) in [5.74, 6) is -4.52. The van der Waals surface area contributed by atoms with Crippen LogP contribution < -0.4 is 4.74 Å². The van der Waals surface area contributed by atoms with Gasteiger partial charge in [-0.15, -0.1) is 0 Å². The second kappa shape index (κ2) is 9.31. The number of nitrogens with one attached hydrogen (secondary N) is 1. The standard InChI is InChI=1S/C19H22F3NO3/c1-3-5-6-7-10-26-14-9-8-12(15(20)17(14)22)13-11-23-18(16(13)21)19(24)25-4-2/h8-9,11,23H,3-7,10H2,1-2H3. The van der Waals surface area contributed by atoms with Crippen LogP contribution in [0.15, 0.2) is 18.3 Å². The first-order chi connectivity index (χ1) is 12.5. The van der Waals surface area contributed by atoms with Crippen LogP contribution in [0.5, 0.6) is 5.75 Å². The smallest absolute Gasteiger partial charge is 0.357 e. The molecule has 2 rings (SSSR count). The van der Waals surface area contributed by atoms with Gasteiger partial charge in [-0.25, -0.2) is 13.6 Å². The highest BCUT2D eigenvalue weighted by atomic mass is 19.2. The van der Waals surface area contributed by atoms with Gasteiger partial charge in [0, 0.05) is 17.3 Å². The van der Waals surface area contributed by atoms with Gasteiger partial charge in [-0.05, 0) is 25.5 Å². The van der Waals surface area contributed by atoms with E-state index in [0.717, 1.165) is 31.9 Å². The third kappa shape index (κ3) is 4.39. The molecule has 0 radical (unpaired) electrons. The van der Waals surface area contributed by atoms with E-state index in [1.165, 1.54) is 12.1 Å². The van der Waals surface area contributed by atoms with E-state index >= 15 is 0 Å². The van der Waals surface area contributed by atoms with Crippen molar-refractivity contribution in [3.63, 3.8) is 0 Å². The predicted octanol–water partition coefficient (Wildman–Crippen LogP) is 5.23. The number of esters is 1. The maximum absolute atomic E-state index is 14.4. The van der Waals surface area contributed by atoms with Gasteiger partial charge < -0.3 is 14.5 Å². The fourth-order valence-corrected chi connectivity index (χ4v) is 2.52. The second-order valence-corrected chi connectivity index (χ2v) is 5.76. The van der Waals surface area contributed by atoms with E-state index in [1.54, 1.807) is 6.92 Å². The minimum absolute atomic E-state index is 0.0694. The van der Waals surface area contributed by atoms with Crippen LogP contribution in [0.25, 0.3) is 11.1 Å². The van der Waals surface area contributed by atoms with Crippen LogP contribution in [-0.2, 0) is 4.74 Å².